The number of anilines is 1. The van der Waals surface area contributed by atoms with Crippen LogP contribution in [0, 0.1) is 5.92 Å². The Labute approximate surface area is 219 Å². The minimum absolute atomic E-state index is 0.0861. The third-order valence-corrected chi connectivity index (χ3v) is 6.02. The van der Waals surface area contributed by atoms with Gasteiger partial charge in [-0.25, -0.2) is 0 Å². The number of alkyl halides is 3. The topological polar surface area (TPSA) is 146 Å². The third kappa shape index (κ3) is 6.85. The maximum Gasteiger partial charge on any atom is 0.417 e. The molecular weight excluding hydrogens is 531 g/mol. The number of hydrogen-bond donors (Lipinski definition) is 4. The quantitative estimate of drug-likeness (QED) is 0.369. The van der Waals surface area contributed by atoms with E-state index in [0.29, 0.717) is 18.7 Å². The second kappa shape index (κ2) is 11.6. The Morgan fingerprint density at radius 1 is 1.16 bits per heavy atom. The van der Waals surface area contributed by atoms with Crippen LogP contribution in [0.1, 0.15) is 46.2 Å². The molecule has 10 nitrogen and oxygen atoms in total. The fraction of sp³-hybridized carbons (Fsp3) is 0.333. The molecule has 0 spiro atoms. The zero-order valence-electron chi connectivity index (χ0n) is 20.1. The van der Waals surface area contributed by atoms with Crippen molar-refractivity contribution in [1.82, 2.24) is 20.9 Å². The lowest BCUT2D eigenvalue weighted by Crippen LogP contribution is -2.48. The van der Waals surface area contributed by atoms with Crippen LogP contribution in [-0.4, -0.2) is 53.5 Å². The fourth-order valence-corrected chi connectivity index (χ4v) is 4.06. The highest BCUT2D eigenvalue weighted by atomic mass is 35.5. The average molecular weight is 554 g/mol. The predicted molar refractivity (Wildman–Crippen MR) is 129 cm³/mol. The molecule has 38 heavy (non-hydrogen) atoms. The van der Waals surface area contributed by atoms with Gasteiger partial charge in [0.2, 0.25) is 11.7 Å². The van der Waals surface area contributed by atoms with Gasteiger partial charge in [0.25, 0.3) is 17.7 Å². The molecule has 1 unspecified atom stereocenters. The Hall–Kier alpha value is -4.00. The molecule has 2 aromatic rings. The number of nitrogens with one attached hydrogen (secondary N) is 4. The summed E-state index contributed by atoms with van der Waals surface area (Å²) >= 11 is 6.02. The van der Waals surface area contributed by atoms with Gasteiger partial charge >= 0.3 is 6.18 Å². The molecule has 1 aliphatic rings. The van der Waals surface area contributed by atoms with Crippen LogP contribution >= 0.6 is 11.6 Å². The molecule has 4 N–H and O–H groups in total. The van der Waals surface area contributed by atoms with Crippen LogP contribution in [0.3, 0.4) is 0 Å². The first-order valence-corrected chi connectivity index (χ1v) is 11.7. The number of ketones is 1. The lowest BCUT2D eigenvalue weighted by atomic mass is 9.93. The van der Waals surface area contributed by atoms with Crippen molar-refractivity contribution in [2.24, 2.45) is 5.92 Å². The number of amides is 4. The number of nitrogens with zero attached hydrogens (tertiary/aromatic N) is 1. The first kappa shape index (κ1) is 28.6. The summed E-state index contributed by atoms with van der Waals surface area (Å²) in [5.74, 6) is -4.71. The van der Waals surface area contributed by atoms with Gasteiger partial charge in [0.05, 0.1) is 22.9 Å². The Balaban J connectivity index is 1.84. The first-order chi connectivity index (χ1) is 17.8. The highest BCUT2D eigenvalue weighted by Crippen LogP contribution is 2.29. The SMILES string of the molecule is CNC(=O)C(=O)C(C[C@@H]1C[C@@H](C)NC1=O)NC(=O)c1cc(Cl)ccc1NC(=O)c1ccc(C(F)(F)F)cn1. The summed E-state index contributed by atoms with van der Waals surface area (Å²) in [6.45, 7) is 1.78. The number of Topliss-reactive ketones (excluding diaryl/α,β-unsaturated/α-hetero) is 1. The predicted octanol–water partition coefficient (Wildman–Crippen LogP) is 2.33. The summed E-state index contributed by atoms with van der Waals surface area (Å²) in [5, 5.41) is 9.81. The highest BCUT2D eigenvalue weighted by molar-refractivity contribution is 6.38. The van der Waals surface area contributed by atoms with E-state index in [4.69, 9.17) is 11.6 Å². The van der Waals surface area contributed by atoms with Crippen molar-refractivity contribution < 1.29 is 37.1 Å². The molecule has 0 aliphatic carbocycles. The molecule has 3 rings (SSSR count). The minimum Gasteiger partial charge on any atom is -0.353 e. The second-order valence-corrected chi connectivity index (χ2v) is 9.06. The van der Waals surface area contributed by atoms with Crippen LogP contribution in [0.15, 0.2) is 36.5 Å². The zero-order valence-corrected chi connectivity index (χ0v) is 20.9. The molecule has 0 saturated carbocycles. The van der Waals surface area contributed by atoms with Crippen molar-refractivity contribution in [2.75, 3.05) is 12.4 Å². The van der Waals surface area contributed by atoms with Gasteiger partial charge < -0.3 is 21.3 Å². The van der Waals surface area contributed by atoms with Crippen LogP contribution in [0.5, 0.6) is 0 Å². The minimum atomic E-state index is -4.64. The Morgan fingerprint density at radius 3 is 2.42 bits per heavy atom. The number of carbonyl (C=O) groups is 5. The molecule has 3 atom stereocenters. The maximum absolute atomic E-state index is 13.2. The van der Waals surface area contributed by atoms with Crippen molar-refractivity contribution >= 4 is 46.7 Å². The van der Waals surface area contributed by atoms with E-state index in [0.717, 1.165) is 6.07 Å². The lowest BCUT2D eigenvalue weighted by Gasteiger charge is -2.20. The van der Waals surface area contributed by atoms with Crippen molar-refractivity contribution in [3.8, 4) is 0 Å². The number of pyridine rings is 1. The molecule has 1 fully saturated rings. The number of benzene rings is 1. The first-order valence-electron chi connectivity index (χ1n) is 11.3. The van der Waals surface area contributed by atoms with Gasteiger partial charge in [-0.1, -0.05) is 11.6 Å². The van der Waals surface area contributed by atoms with E-state index in [9.17, 15) is 37.1 Å². The van der Waals surface area contributed by atoms with Gasteiger partial charge in [-0.05, 0) is 50.1 Å². The number of likely N-dealkylation sites (N-methyl/N-ethyl adjacent to an activating group) is 1. The van der Waals surface area contributed by atoms with E-state index in [-0.39, 0.29) is 40.3 Å². The van der Waals surface area contributed by atoms with E-state index >= 15 is 0 Å². The molecule has 1 saturated heterocycles. The maximum atomic E-state index is 13.2. The number of halogens is 4. The number of carbonyl (C=O) groups excluding carboxylic acids is 5. The van der Waals surface area contributed by atoms with E-state index in [1.54, 1.807) is 6.92 Å². The van der Waals surface area contributed by atoms with Crippen molar-refractivity contribution in [3.05, 3.63) is 58.4 Å². The summed E-state index contributed by atoms with van der Waals surface area (Å²) in [6, 6.07) is 3.87. The zero-order chi connectivity index (χ0) is 28.2. The third-order valence-electron chi connectivity index (χ3n) is 5.79. The highest BCUT2D eigenvalue weighted by Gasteiger charge is 2.36. The summed E-state index contributed by atoms with van der Waals surface area (Å²) in [4.78, 5) is 66.2. The number of aromatic nitrogens is 1. The molecule has 1 aromatic carbocycles. The molecule has 202 valence electrons. The standard InChI is InChI=1S/C24H23ClF3N5O5/c1-11-7-12(20(35)31-11)8-18(19(34)23(38)29-2)33-21(36)15-9-14(25)4-6-16(15)32-22(37)17-5-3-13(10-30-17)24(26,27)28/h3-6,9-12,18H,7-8H2,1-2H3,(H,29,38)(H,31,35)(H,32,37)(H,33,36)/t11-,12+,18?/m1/s1. The molecule has 0 bridgehead atoms. The van der Waals surface area contributed by atoms with Gasteiger partial charge in [0.1, 0.15) is 5.69 Å². The van der Waals surface area contributed by atoms with E-state index in [1.807, 2.05) is 0 Å². The van der Waals surface area contributed by atoms with Crippen LogP contribution in [0.2, 0.25) is 5.02 Å². The molecule has 4 amide bonds. The molecule has 2 heterocycles. The van der Waals surface area contributed by atoms with Gasteiger partial charge in [-0.15, -0.1) is 0 Å². The number of rotatable bonds is 8. The second-order valence-electron chi connectivity index (χ2n) is 8.62. The molecule has 0 radical (unpaired) electrons. The summed E-state index contributed by atoms with van der Waals surface area (Å²) < 4.78 is 38.3. The smallest absolute Gasteiger partial charge is 0.353 e. The molecule has 1 aromatic heterocycles. The van der Waals surface area contributed by atoms with Crippen molar-refractivity contribution in [3.63, 3.8) is 0 Å². The normalized spacial score (nSPS) is 17.8. The van der Waals surface area contributed by atoms with Crippen LogP contribution in [-0.2, 0) is 20.6 Å². The van der Waals surface area contributed by atoms with Gasteiger partial charge in [0, 0.05) is 30.2 Å². The van der Waals surface area contributed by atoms with E-state index in [1.165, 1.54) is 25.2 Å². The monoisotopic (exact) mass is 553 g/mol. The Kier molecular flexibility index (Phi) is 8.71. The average Bonchev–Trinajstić information content (AvgIpc) is 3.19. The largest absolute Gasteiger partial charge is 0.417 e. The fourth-order valence-electron chi connectivity index (χ4n) is 3.89. The lowest BCUT2D eigenvalue weighted by molar-refractivity contribution is -0.139. The number of hydrogen-bond acceptors (Lipinski definition) is 6. The van der Waals surface area contributed by atoms with Gasteiger partial charge in [0.15, 0.2) is 0 Å². The van der Waals surface area contributed by atoms with Crippen LogP contribution < -0.4 is 21.3 Å². The summed E-state index contributed by atoms with van der Waals surface area (Å²) in [5.41, 5.74) is -1.68. The Morgan fingerprint density at radius 2 is 1.87 bits per heavy atom. The van der Waals surface area contributed by atoms with Gasteiger partial charge in [-0.3, -0.25) is 29.0 Å². The van der Waals surface area contributed by atoms with E-state index < -0.39 is 47.2 Å². The van der Waals surface area contributed by atoms with Crippen molar-refractivity contribution in [1.29, 1.82) is 0 Å². The van der Waals surface area contributed by atoms with Gasteiger partial charge in [-0.2, -0.15) is 13.2 Å². The van der Waals surface area contributed by atoms with Crippen LogP contribution in [0.4, 0.5) is 18.9 Å². The molecular formula is C24H23ClF3N5O5. The summed E-state index contributed by atoms with van der Waals surface area (Å²) in [6.07, 6.45) is -3.89. The molecule has 14 heteroatoms. The van der Waals surface area contributed by atoms with E-state index in [2.05, 4.69) is 26.3 Å². The van der Waals surface area contributed by atoms with Crippen LogP contribution in [0.25, 0.3) is 0 Å². The Bertz CT molecular complexity index is 1270. The molecule has 1 aliphatic heterocycles. The summed E-state index contributed by atoms with van der Waals surface area (Å²) in [7, 11) is 1.24. The van der Waals surface area contributed by atoms with Crippen molar-refractivity contribution in [2.45, 2.75) is 38.0 Å².